The molecule has 0 bridgehead atoms. The number of nitrogens with two attached hydrogens (primary N) is 2. The van der Waals surface area contributed by atoms with E-state index in [-0.39, 0.29) is 57.8 Å². The summed E-state index contributed by atoms with van der Waals surface area (Å²) in [6.07, 6.45) is 2.93. The van der Waals surface area contributed by atoms with E-state index in [2.05, 4.69) is 46.3 Å². The van der Waals surface area contributed by atoms with Crippen LogP contribution in [0.4, 0.5) is 11.4 Å². The van der Waals surface area contributed by atoms with Crippen LogP contribution in [-0.2, 0) is 4.79 Å². The molecule has 5 N–H and O–H groups in total. The number of primary amides is 1. The van der Waals surface area contributed by atoms with Crippen LogP contribution in [0.15, 0.2) is 42.5 Å². The monoisotopic (exact) mass is 364 g/mol. The van der Waals surface area contributed by atoms with E-state index in [1.54, 1.807) is 0 Å². The van der Waals surface area contributed by atoms with Gasteiger partial charge in [-0.1, -0.05) is 6.07 Å². The number of benzene rings is 2. The van der Waals surface area contributed by atoms with Gasteiger partial charge in [-0.3, -0.25) is 4.79 Å². The van der Waals surface area contributed by atoms with Gasteiger partial charge in [-0.2, -0.15) is 30.3 Å². The minimum absolute atomic E-state index is 0. The summed E-state index contributed by atoms with van der Waals surface area (Å²) in [6.45, 7) is 4.52. The number of amides is 1. The Balaban J connectivity index is 0.000000730. The number of carbonyl (C=O) groups is 1. The standard InChI is InChI=1S/C18H22N3.CH3NO.K/c19-17-14-16(15-6-2-1-3-7-15)8-9-18(17)20-10-13-21-11-4-5-12-21;2-1-3;/h2-3,6-9,14,20H,4-5,10-13,19H2;1H,(H2,2,3);/q-1;;+1. The van der Waals surface area contributed by atoms with Gasteiger partial charge in [-0.05, 0) is 43.6 Å². The van der Waals surface area contributed by atoms with Crippen LogP contribution in [0, 0.1) is 6.07 Å². The van der Waals surface area contributed by atoms with Crippen molar-refractivity contribution in [3.05, 3.63) is 48.5 Å². The van der Waals surface area contributed by atoms with Crippen molar-refractivity contribution in [2.75, 3.05) is 37.2 Å². The maximum atomic E-state index is 8.58. The molecule has 0 spiro atoms. The maximum absolute atomic E-state index is 8.58. The third-order valence-electron chi connectivity index (χ3n) is 4.05. The zero-order valence-electron chi connectivity index (χ0n) is 14.9. The van der Waals surface area contributed by atoms with Crippen LogP contribution in [0.2, 0.25) is 0 Å². The smallest absolute Gasteiger partial charge is 0.397 e. The fourth-order valence-electron chi connectivity index (χ4n) is 2.84. The molecular weight excluding hydrogens is 339 g/mol. The fourth-order valence-corrected chi connectivity index (χ4v) is 2.84. The third kappa shape index (κ3) is 7.48. The van der Waals surface area contributed by atoms with E-state index in [0.717, 1.165) is 30.0 Å². The first-order valence-electron chi connectivity index (χ1n) is 8.22. The van der Waals surface area contributed by atoms with E-state index in [1.165, 1.54) is 31.5 Å². The largest absolute Gasteiger partial charge is 1.00 e. The fraction of sp³-hybridized carbons (Fsp3) is 0.316. The molecule has 0 aromatic heterocycles. The number of likely N-dealkylation sites (tertiary alicyclic amines) is 1. The van der Waals surface area contributed by atoms with E-state index in [9.17, 15) is 0 Å². The first-order valence-corrected chi connectivity index (χ1v) is 8.22. The summed E-state index contributed by atoms with van der Waals surface area (Å²) in [4.78, 5) is 11.1. The predicted octanol–water partition coefficient (Wildman–Crippen LogP) is -0.651. The normalized spacial score (nSPS) is 13.3. The van der Waals surface area contributed by atoms with Crippen molar-refractivity contribution in [3.63, 3.8) is 0 Å². The topological polar surface area (TPSA) is 84.4 Å². The molecule has 2 aromatic carbocycles. The van der Waals surface area contributed by atoms with E-state index >= 15 is 0 Å². The molecule has 1 aliphatic heterocycles. The van der Waals surface area contributed by atoms with Crippen molar-refractivity contribution in [1.82, 2.24) is 4.90 Å². The quantitative estimate of drug-likeness (QED) is 0.285. The van der Waals surface area contributed by atoms with Gasteiger partial charge in [-0.15, -0.1) is 5.56 Å². The Morgan fingerprint density at radius 3 is 2.36 bits per heavy atom. The van der Waals surface area contributed by atoms with Gasteiger partial charge in [0.2, 0.25) is 6.41 Å². The van der Waals surface area contributed by atoms with Gasteiger partial charge in [0.05, 0.1) is 11.4 Å². The Morgan fingerprint density at radius 2 is 1.76 bits per heavy atom. The summed E-state index contributed by atoms with van der Waals surface area (Å²) >= 11 is 0. The number of carbonyl (C=O) groups excluding carboxylic acids is 1. The molecule has 1 heterocycles. The molecule has 0 atom stereocenters. The number of rotatable bonds is 5. The van der Waals surface area contributed by atoms with Crippen molar-refractivity contribution in [3.8, 4) is 11.1 Å². The first-order chi connectivity index (χ1) is 11.7. The second kappa shape index (κ2) is 12.5. The average Bonchev–Trinajstić information content (AvgIpc) is 3.11. The molecule has 0 saturated carbocycles. The summed E-state index contributed by atoms with van der Waals surface area (Å²) in [7, 11) is 0. The number of nitrogens with zero attached hydrogens (tertiary/aromatic N) is 1. The molecule has 1 saturated heterocycles. The molecule has 0 unspecified atom stereocenters. The Morgan fingerprint density at radius 1 is 1.12 bits per heavy atom. The number of hydrogen-bond donors (Lipinski definition) is 3. The van der Waals surface area contributed by atoms with Gasteiger partial charge in [0.15, 0.2) is 0 Å². The van der Waals surface area contributed by atoms with E-state index in [1.807, 2.05) is 18.2 Å². The Hall–Kier alpha value is -0.894. The summed E-state index contributed by atoms with van der Waals surface area (Å²) in [5.74, 6) is 0. The third-order valence-corrected chi connectivity index (χ3v) is 4.05. The molecule has 1 fully saturated rings. The van der Waals surface area contributed by atoms with Gasteiger partial charge >= 0.3 is 51.4 Å². The van der Waals surface area contributed by atoms with Crippen molar-refractivity contribution >= 4 is 17.8 Å². The average molecular weight is 365 g/mol. The predicted molar refractivity (Wildman–Crippen MR) is 99.5 cm³/mol. The van der Waals surface area contributed by atoms with Crippen LogP contribution >= 0.6 is 0 Å². The van der Waals surface area contributed by atoms with Crippen molar-refractivity contribution in [1.29, 1.82) is 0 Å². The van der Waals surface area contributed by atoms with Crippen molar-refractivity contribution in [2.24, 2.45) is 5.73 Å². The molecule has 3 rings (SSSR count). The molecule has 0 radical (unpaired) electrons. The second-order valence-corrected chi connectivity index (χ2v) is 5.70. The summed E-state index contributed by atoms with van der Waals surface area (Å²) in [5.41, 5.74) is 14.5. The van der Waals surface area contributed by atoms with Gasteiger partial charge in [0.1, 0.15) is 0 Å². The molecule has 128 valence electrons. The molecule has 5 nitrogen and oxygen atoms in total. The van der Waals surface area contributed by atoms with Crippen LogP contribution in [-0.4, -0.2) is 37.5 Å². The summed E-state index contributed by atoms with van der Waals surface area (Å²) in [6, 6.07) is 17.2. The first kappa shape index (κ1) is 22.1. The number of nitrogens with one attached hydrogen (secondary N) is 1. The minimum atomic E-state index is 0. The molecular formula is C19H25KN4O. The van der Waals surface area contributed by atoms with E-state index < -0.39 is 0 Å². The Labute approximate surface area is 192 Å². The zero-order chi connectivity index (χ0) is 17.2. The number of anilines is 2. The number of hydrogen-bond acceptors (Lipinski definition) is 4. The molecule has 2 aromatic rings. The Bertz CT molecular complexity index is 631. The van der Waals surface area contributed by atoms with Gasteiger partial charge < -0.3 is 21.7 Å². The van der Waals surface area contributed by atoms with E-state index in [0.29, 0.717) is 0 Å². The van der Waals surface area contributed by atoms with E-state index in [4.69, 9.17) is 10.5 Å². The van der Waals surface area contributed by atoms with Crippen LogP contribution in [0.3, 0.4) is 0 Å². The molecule has 1 amide bonds. The SMILES string of the molecule is NC=O.Nc1cc(-c2cc[c-]cc2)ccc1NCCN1CCCC1.[K+]. The molecule has 25 heavy (non-hydrogen) atoms. The summed E-state index contributed by atoms with van der Waals surface area (Å²) in [5, 5.41) is 3.45. The van der Waals surface area contributed by atoms with Crippen molar-refractivity contribution < 1.29 is 56.2 Å². The maximum Gasteiger partial charge on any atom is 1.00 e. The number of nitrogen functional groups attached to an aromatic ring is 1. The zero-order valence-corrected chi connectivity index (χ0v) is 18.0. The van der Waals surface area contributed by atoms with Crippen LogP contribution in [0.25, 0.3) is 11.1 Å². The van der Waals surface area contributed by atoms with Crippen LogP contribution < -0.4 is 68.2 Å². The van der Waals surface area contributed by atoms with Crippen LogP contribution in [0.5, 0.6) is 0 Å². The van der Waals surface area contributed by atoms with Gasteiger partial charge in [0, 0.05) is 13.1 Å². The Kier molecular flexibility index (Phi) is 11.0. The molecule has 0 aliphatic carbocycles. The van der Waals surface area contributed by atoms with Crippen LogP contribution in [0.1, 0.15) is 12.8 Å². The molecule has 6 heteroatoms. The van der Waals surface area contributed by atoms with Gasteiger partial charge in [0.25, 0.3) is 0 Å². The van der Waals surface area contributed by atoms with Gasteiger partial charge in [-0.25, -0.2) is 0 Å². The van der Waals surface area contributed by atoms with Crippen molar-refractivity contribution in [2.45, 2.75) is 12.8 Å². The summed E-state index contributed by atoms with van der Waals surface area (Å²) < 4.78 is 0. The minimum Gasteiger partial charge on any atom is -0.397 e. The second-order valence-electron chi connectivity index (χ2n) is 5.70. The molecule has 1 aliphatic rings.